The van der Waals surface area contributed by atoms with Crippen molar-refractivity contribution in [3.63, 3.8) is 0 Å². The maximum Gasteiger partial charge on any atom is 0.305 e. The number of unbranched alkanes of at least 4 members (excludes halogenated alkanes) is 2. The number of aliphatic hydroxyl groups excluding tert-OH is 2. The third-order valence-corrected chi connectivity index (χ3v) is 16.4. The molecule has 9 atom stereocenters. The van der Waals surface area contributed by atoms with E-state index in [0.717, 1.165) is 36.2 Å². The van der Waals surface area contributed by atoms with Crippen molar-refractivity contribution in [3.8, 4) is 5.75 Å². The van der Waals surface area contributed by atoms with Crippen LogP contribution in [-0.4, -0.2) is 177 Å². The van der Waals surface area contributed by atoms with Crippen LogP contribution < -0.4 is 64.6 Å². The molecule has 29 nitrogen and oxygen atoms in total. The van der Waals surface area contributed by atoms with Crippen LogP contribution in [0.4, 0.5) is 0 Å². The Balaban J connectivity index is 1.36. The van der Waals surface area contributed by atoms with Crippen LogP contribution in [0.15, 0.2) is 97.7 Å². The number of aliphatic hydroxyl groups is 2. The van der Waals surface area contributed by atoms with E-state index in [1.54, 1.807) is 74.6 Å². The number of benzene rings is 3. The molecular formula is C67H93N13O16. The van der Waals surface area contributed by atoms with Crippen LogP contribution >= 0.6 is 0 Å². The van der Waals surface area contributed by atoms with Gasteiger partial charge in [0.1, 0.15) is 60.1 Å². The van der Waals surface area contributed by atoms with Crippen LogP contribution in [0.3, 0.4) is 0 Å². The fraction of sp³-hybridized carbons (Fsp3) is 0.493. The molecule has 11 amide bonds. The molecule has 1 aromatic heterocycles. The normalized spacial score (nSPS) is 15.1. The van der Waals surface area contributed by atoms with Gasteiger partial charge in [-0.05, 0) is 91.5 Å². The van der Waals surface area contributed by atoms with E-state index in [2.05, 4.69) is 64.7 Å². The number of hydrogen-bond acceptors (Lipinski definition) is 16. The number of phenolic OH excluding ortho intramolecular Hbond substituents is 1. The fourth-order valence-corrected chi connectivity index (χ4v) is 11.1. The summed E-state index contributed by atoms with van der Waals surface area (Å²) in [4.78, 5) is 167. The summed E-state index contributed by atoms with van der Waals surface area (Å²) < 4.78 is 0. The van der Waals surface area contributed by atoms with Crippen molar-refractivity contribution in [1.82, 2.24) is 58.2 Å². The van der Waals surface area contributed by atoms with Gasteiger partial charge < -0.3 is 90.0 Å². The molecule has 5 rings (SSSR count). The van der Waals surface area contributed by atoms with Crippen molar-refractivity contribution in [2.45, 2.75) is 171 Å². The van der Waals surface area contributed by atoms with Gasteiger partial charge in [-0.2, -0.15) is 0 Å². The Morgan fingerprint density at radius 1 is 0.573 bits per heavy atom. The summed E-state index contributed by atoms with van der Waals surface area (Å²) in [7, 11) is 0. The van der Waals surface area contributed by atoms with Crippen molar-refractivity contribution in [3.05, 3.63) is 114 Å². The van der Waals surface area contributed by atoms with Gasteiger partial charge in [0.05, 0.1) is 19.6 Å². The lowest BCUT2D eigenvalue weighted by Gasteiger charge is -2.30. The molecule has 3 aromatic carbocycles. The van der Waals surface area contributed by atoms with E-state index in [1.165, 1.54) is 24.3 Å². The first kappa shape index (κ1) is 77.0. The van der Waals surface area contributed by atoms with Crippen LogP contribution in [0.1, 0.15) is 114 Å². The van der Waals surface area contributed by atoms with E-state index in [0.29, 0.717) is 55.3 Å². The van der Waals surface area contributed by atoms with Gasteiger partial charge >= 0.3 is 5.97 Å². The standard InChI is InChI=1S/C67H93N13O16/c1-4-55(84)70-30-15-7-12-24-56(85)72-52(35-57(86)87)64(93)76-48(31-40-17-8-5-9-18-40)61(90)75-49(32-41-19-10-6-11-20-41)62(91)79-54(38-82)66(95)73-47(23-16-29-68)60(89)74-50(33-42-25-27-44(83)28-26-42)65(94)80-58(39(2)3)67(96)77-51(63(92)78-53(37-81)59(69)88)34-43-36-71-46-22-14-13-21-45(43)46/h4,6,10-11,13-14,19-22,25-28,36,39-40,47-54,58,71,81-83H,1,5,7-9,12,15-18,23-24,29-35,37-38,68H2,2-3H3,(H2,69,88)(H,70,84)(H,72,85)(H,73,95)(H,74,89)(H,75,90)(H,76,93)(H,77,96)(H,78,92)(H,79,91)(H,80,94)(H,86,87)/t47-,48+,49+,50+,51+,52+,53+,54-,58+/m0/s1. The highest BCUT2D eigenvalue weighted by Gasteiger charge is 2.37. The number of aromatic hydroxyl groups is 1. The third-order valence-electron chi connectivity index (χ3n) is 16.4. The summed E-state index contributed by atoms with van der Waals surface area (Å²) in [5, 5.41) is 67.0. The Hall–Kier alpha value is -9.74. The number of carbonyl (C=O) groups is 12. The Morgan fingerprint density at radius 2 is 1.09 bits per heavy atom. The largest absolute Gasteiger partial charge is 0.508 e. The van der Waals surface area contributed by atoms with Crippen LogP contribution in [0, 0.1) is 11.8 Å². The van der Waals surface area contributed by atoms with Crippen LogP contribution in [0.25, 0.3) is 10.9 Å². The van der Waals surface area contributed by atoms with E-state index in [-0.39, 0.29) is 69.1 Å². The SMILES string of the molecule is C=CC(=O)NCCCCCC(=O)N[C@H](CC(=O)O)C(=O)N[C@H](CC1CCCCC1)C(=O)N[C@H](Cc1ccccc1)C(=O)N[C@@H](CO)C(=O)N[C@@H](CCCN)C(=O)N[C@H](Cc1ccc(O)cc1)C(=O)N[C@@H](C(=O)N[C@H](Cc1c[nH]c2ccccc12)C(=O)N[C@H](CO)C(N)=O)C(C)C. The second-order valence-electron chi connectivity index (χ2n) is 24.2. The number of carboxylic acids is 1. The third kappa shape index (κ3) is 25.5. The molecule has 1 aliphatic rings. The number of hydrogen-bond donors (Lipinski definition) is 17. The van der Waals surface area contributed by atoms with Gasteiger partial charge in [-0.3, -0.25) is 57.5 Å². The number of amides is 11. The maximum atomic E-state index is 14.6. The maximum absolute atomic E-state index is 14.6. The number of carboxylic acid groups (broad SMARTS) is 1. The quantitative estimate of drug-likeness (QED) is 0.0196. The molecule has 1 saturated carbocycles. The summed E-state index contributed by atoms with van der Waals surface area (Å²) >= 11 is 0. The lowest BCUT2D eigenvalue weighted by molar-refractivity contribution is -0.141. The highest BCUT2D eigenvalue weighted by atomic mass is 16.4. The summed E-state index contributed by atoms with van der Waals surface area (Å²) in [6.45, 7) is 5.09. The predicted molar refractivity (Wildman–Crippen MR) is 353 cm³/mol. The number of aromatic amines is 1. The lowest BCUT2D eigenvalue weighted by Crippen LogP contribution is -2.62. The molecule has 0 bridgehead atoms. The topological polar surface area (TPSA) is 474 Å². The van der Waals surface area contributed by atoms with Crippen LogP contribution in [-0.2, 0) is 76.8 Å². The summed E-state index contributed by atoms with van der Waals surface area (Å²) in [6.07, 6.45) is 6.82. The minimum Gasteiger partial charge on any atom is -0.508 e. The van der Waals surface area contributed by atoms with Crippen molar-refractivity contribution in [1.29, 1.82) is 0 Å². The molecule has 1 aliphatic carbocycles. The smallest absolute Gasteiger partial charge is 0.305 e. The minimum absolute atomic E-state index is 0.0177. The summed E-state index contributed by atoms with van der Waals surface area (Å²) in [5.41, 5.74) is 13.6. The number of fused-ring (bicyclic) bond motifs is 1. The summed E-state index contributed by atoms with van der Waals surface area (Å²) in [5.74, 6) is -11.8. The molecule has 4 aromatic rings. The number of primary amides is 1. The van der Waals surface area contributed by atoms with Gasteiger partial charge in [-0.1, -0.05) is 120 Å². The molecule has 19 N–H and O–H groups in total. The molecule has 0 saturated heterocycles. The molecule has 1 heterocycles. The van der Waals surface area contributed by atoms with Crippen LogP contribution in [0.5, 0.6) is 5.75 Å². The predicted octanol–water partition coefficient (Wildman–Crippen LogP) is -0.563. The zero-order chi connectivity index (χ0) is 70.3. The number of nitrogens with one attached hydrogen (secondary N) is 11. The van der Waals surface area contributed by atoms with Gasteiger partial charge in [0.25, 0.3) is 0 Å². The highest BCUT2D eigenvalue weighted by Crippen LogP contribution is 2.28. The van der Waals surface area contributed by atoms with Crippen molar-refractivity contribution < 1.29 is 78.0 Å². The van der Waals surface area contributed by atoms with Gasteiger partial charge in [0.15, 0.2) is 0 Å². The Bertz CT molecular complexity index is 3290. The molecule has 96 heavy (non-hydrogen) atoms. The Kier molecular flexibility index (Phi) is 31.9. The molecule has 0 aliphatic heterocycles. The number of rotatable bonds is 41. The second-order valence-corrected chi connectivity index (χ2v) is 24.2. The van der Waals surface area contributed by atoms with Gasteiger partial charge in [-0.15, -0.1) is 0 Å². The highest BCUT2D eigenvalue weighted by molar-refractivity contribution is 5.99. The zero-order valence-electron chi connectivity index (χ0n) is 54.2. The van der Waals surface area contributed by atoms with Crippen molar-refractivity contribution >= 4 is 81.9 Å². The van der Waals surface area contributed by atoms with E-state index >= 15 is 0 Å². The average molecular weight is 1340 g/mol. The van der Waals surface area contributed by atoms with Crippen molar-refractivity contribution in [2.75, 3.05) is 26.3 Å². The van der Waals surface area contributed by atoms with E-state index in [4.69, 9.17) is 11.5 Å². The zero-order valence-corrected chi connectivity index (χ0v) is 54.2. The number of H-pyrrole nitrogens is 1. The number of para-hydroxylation sites is 1. The number of carbonyl (C=O) groups excluding carboxylic acids is 11. The van der Waals surface area contributed by atoms with E-state index in [1.807, 2.05) is 0 Å². The Morgan fingerprint density at radius 3 is 1.70 bits per heavy atom. The number of nitrogens with two attached hydrogens (primary N) is 2. The molecular weight excluding hydrogens is 1240 g/mol. The lowest BCUT2D eigenvalue weighted by atomic mass is 9.84. The van der Waals surface area contributed by atoms with Gasteiger partial charge in [0, 0.05) is 49.3 Å². The molecule has 522 valence electrons. The molecule has 1 fully saturated rings. The van der Waals surface area contributed by atoms with Crippen molar-refractivity contribution in [2.24, 2.45) is 23.3 Å². The van der Waals surface area contributed by atoms with Gasteiger partial charge in [-0.25, -0.2) is 0 Å². The van der Waals surface area contributed by atoms with E-state index in [9.17, 15) is 78.0 Å². The van der Waals surface area contributed by atoms with Gasteiger partial charge in [0.2, 0.25) is 65.0 Å². The van der Waals surface area contributed by atoms with Crippen LogP contribution in [0.2, 0.25) is 0 Å². The van der Waals surface area contributed by atoms with E-state index < -0.39 is 145 Å². The minimum atomic E-state index is -1.79. The molecule has 0 spiro atoms. The number of aliphatic carboxylic acids is 1. The fourth-order valence-electron chi connectivity index (χ4n) is 11.1. The molecule has 0 radical (unpaired) electrons. The summed E-state index contributed by atoms with van der Waals surface area (Å²) in [6, 6.07) is 7.69. The number of aromatic nitrogens is 1. The average Bonchev–Trinajstić information content (AvgIpc) is 1.61. The first-order valence-corrected chi connectivity index (χ1v) is 32.4. The second kappa shape index (κ2) is 39.8. The molecule has 29 heteroatoms. The monoisotopic (exact) mass is 1340 g/mol. The Labute approximate surface area is 556 Å². The number of phenols is 1. The first-order chi connectivity index (χ1) is 45.9. The first-order valence-electron chi connectivity index (χ1n) is 32.4. The molecule has 0 unspecified atom stereocenters.